The molecular formula is C50H68BrN9O9S. The summed E-state index contributed by atoms with van der Waals surface area (Å²) in [6.07, 6.45) is 3.14. The van der Waals surface area contributed by atoms with Gasteiger partial charge in [-0.05, 0) is 146 Å². The Balaban J connectivity index is 1.54. The minimum atomic E-state index is -1.16. The number of hydrogen-bond acceptors (Lipinski definition) is 13. The smallest absolute Gasteiger partial charge is 0.419 e. The fourth-order valence-electron chi connectivity index (χ4n) is 7.49. The van der Waals surface area contributed by atoms with Crippen molar-refractivity contribution < 1.29 is 43.0 Å². The predicted molar refractivity (Wildman–Crippen MR) is 270 cm³/mol. The highest BCUT2D eigenvalue weighted by molar-refractivity contribution is 9.10. The first-order chi connectivity index (χ1) is 32.9. The molecule has 20 heteroatoms. The highest BCUT2D eigenvalue weighted by Gasteiger charge is 2.35. The third kappa shape index (κ3) is 17.0. The Labute approximate surface area is 423 Å². The van der Waals surface area contributed by atoms with Crippen LogP contribution in [-0.2, 0) is 48.1 Å². The highest BCUT2D eigenvalue weighted by Crippen LogP contribution is 2.32. The Morgan fingerprint density at radius 3 is 2.10 bits per heavy atom. The SMILES string of the molecule is CN1C(=O)[C@H](CCCCNC(=O)OC(C)(C)C)NC(=O)[C@H](CCCNC(=O)OC(C)(C)C)NCc2cccnc2Sc2ccc(Br)nc2CNC(=O)[C@@H]1Cc1cn(C(=O)OC(C)(C)C)c2ccccc12. The summed E-state index contributed by atoms with van der Waals surface area (Å²) < 4.78 is 18.5. The van der Waals surface area contributed by atoms with Crippen molar-refractivity contribution in [1.82, 2.24) is 46.0 Å². The Kier molecular flexibility index (Phi) is 19.2. The largest absolute Gasteiger partial charge is 0.444 e. The van der Waals surface area contributed by atoms with Crippen molar-refractivity contribution in [3.8, 4) is 0 Å². The summed E-state index contributed by atoms with van der Waals surface area (Å²) in [4.78, 5) is 94.4. The number of amides is 5. The molecule has 4 heterocycles. The molecule has 3 atom stereocenters. The van der Waals surface area contributed by atoms with Crippen molar-refractivity contribution >= 4 is 74.6 Å². The molecule has 1 aliphatic rings. The zero-order chi connectivity index (χ0) is 51.4. The van der Waals surface area contributed by atoms with Gasteiger partial charge in [0.15, 0.2) is 0 Å². The molecule has 1 aliphatic heterocycles. The van der Waals surface area contributed by atoms with E-state index in [1.807, 2.05) is 24.3 Å². The maximum atomic E-state index is 15.1. The van der Waals surface area contributed by atoms with Crippen LogP contribution in [0.5, 0.6) is 0 Å². The van der Waals surface area contributed by atoms with Crippen molar-refractivity contribution in [2.24, 2.45) is 0 Å². The third-order valence-corrected chi connectivity index (χ3v) is 12.3. The second kappa shape index (κ2) is 24.4. The fourth-order valence-corrected chi connectivity index (χ4v) is 8.80. The number of nitrogens with one attached hydrogen (secondary N) is 5. The van der Waals surface area contributed by atoms with Crippen molar-refractivity contribution in [2.45, 2.75) is 159 Å². The van der Waals surface area contributed by atoms with Crippen LogP contribution in [0.3, 0.4) is 0 Å². The van der Waals surface area contributed by atoms with E-state index in [1.54, 1.807) is 99.0 Å². The molecule has 70 heavy (non-hydrogen) atoms. The summed E-state index contributed by atoms with van der Waals surface area (Å²) >= 11 is 4.85. The van der Waals surface area contributed by atoms with Crippen LogP contribution in [0, 0.1) is 0 Å². The van der Waals surface area contributed by atoms with E-state index < -0.39 is 70.9 Å². The Hall–Kier alpha value is -5.73. The molecule has 0 spiro atoms. The molecule has 0 fully saturated rings. The second-order valence-electron chi connectivity index (χ2n) is 20.0. The summed E-state index contributed by atoms with van der Waals surface area (Å²) in [6.45, 7) is 16.6. The number of pyridine rings is 2. The number of alkyl carbamates (subject to hydrolysis) is 2. The van der Waals surface area contributed by atoms with Gasteiger partial charge in [0.1, 0.15) is 38.5 Å². The first-order valence-corrected chi connectivity index (χ1v) is 25.1. The molecule has 5 rings (SSSR count). The van der Waals surface area contributed by atoms with Crippen LogP contribution in [0.2, 0.25) is 0 Å². The lowest BCUT2D eigenvalue weighted by molar-refractivity contribution is -0.142. The third-order valence-electron chi connectivity index (χ3n) is 10.7. The van der Waals surface area contributed by atoms with Crippen molar-refractivity contribution in [2.75, 3.05) is 20.1 Å². The Morgan fingerprint density at radius 1 is 0.786 bits per heavy atom. The first kappa shape index (κ1) is 55.2. The number of hydrogen-bond donors (Lipinski definition) is 5. The monoisotopic (exact) mass is 1050 g/mol. The number of aromatic nitrogens is 3. The van der Waals surface area contributed by atoms with E-state index in [0.29, 0.717) is 51.1 Å². The van der Waals surface area contributed by atoms with Gasteiger partial charge in [-0.25, -0.2) is 24.4 Å². The van der Waals surface area contributed by atoms with Crippen LogP contribution < -0.4 is 26.6 Å². The number of carbonyl (C=O) groups excluding carboxylic acids is 6. The summed E-state index contributed by atoms with van der Waals surface area (Å²) in [6, 6.07) is 11.5. The lowest BCUT2D eigenvalue weighted by atomic mass is 10.0. The average molecular weight is 1050 g/mol. The van der Waals surface area contributed by atoms with Gasteiger partial charge >= 0.3 is 18.3 Å². The van der Waals surface area contributed by atoms with Gasteiger partial charge in [-0.15, -0.1) is 0 Å². The number of benzene rings is 1. The number of para-hydroxylation sites is 1. The van der Waals surface area contributed by atoms with Gasteiger partial charge in [0, 0.05) is 55.8 Å². The zero-order valence-electron chi connectivity index (χ0n) is 41.8. The van der Waals surface area contributed by atoms with E-state index in [4.69, 9.17) is 19.2 Å². The van der Waals surface area contributed by atoms with Crippen LogP contribution in [-0.4, -0.2) is 111 Å². The summed E-state index contributed by atoms with van der Waals surface area (Å²) in [5.41, 5.74) is 0.319. The number of rotatable bonds is 11. The predicted octanol–water partition coefficient (Wildman–Crippen LogP) is 7.77. The molecule has 0 saturated heterocycles. The van der Waals surface area contributed by atoms with Crippen LogP contribution in [0.1, 0.15) is 111 Å². The first-order valence-electron chi connectivity index (χ1n) is 23.5. The van der Waals surface area contributed by atoms with E-state index >= 15 is 4.79 Å². The molecule has 380 valence electrons. The average Bonchev–Trinajstić information content (AvgIpc) is 3.63. The van der Waals surface area contributed by atoms with Crippen LogP contribution in [0.25, 0.3) is 10.9 Å². The number of fused-ring (bicyclic) bond motifs is 3. The van der Waals surface area contributed by atoms with Gasteiger partial charge in [0.05, 0.1) is 23.8 Å². The number of ether oxygens (including phenoxy) is 3. The molecule has 1 aromatic carbocycles. The quantitative estimate of drug-likeness (QED) is 0.0551. The topological polar surface area (TPSA) is 224 Å². The van der Waals surface area contributed by atoms with Gasteiger partial charge in [0.25, 0.3) is 0 Å². The van der Waals surface area contributed by atoms with Gasteiger partial charge in [-0.2, -0.15) is 0 Å². The van der Waals surface area contributed by atoms with E-state index in [9.17, 15) is 24.0 Å². The number of nitrogens with zero attached hydrogens (tertiary/aromatic N) is 4. The summed E-state index contributed by atoms with van der Waals surface area (Å²) in [5.74, 6) is -1.51. The van der Waals surface area contributed by atoms with Crippen LogP contribution >= 0.6 is 27.7 Å². The molecular weight excluding hydrogens is 983 g/mol. The highest BCUT2D eigenvalue weighted by atomic mass is 79.9. The minimum Gasteiger partial charge on any atom is -0.444 e. The van der Waals surface area contributed by atoms with E-state index in [-0.39, 0.29) is 45.4 Å². The summed E-state index contributed by atoms with van der Waals surface area (Å²) in [7, 11) is 1.52. The number of unbranched alkanes of at least 4 members (excludes halogenated alkanes) is 1. The lowest BCUT2D eigenvalue weighted by Crippen LogP contribution is -2.57. The summed E-state index contributed by atoms with van der Waals surface area (Å²) in [5, 5.41) is 16.3. The second-order valence-corrected chi connectivity index (χ2v) is 21.9. The minimum absolute atomic E-state index is 0.0105. The molecule has 3 aromatic heterocycles. The molecule has 18 nitrogen and oxygen atoms in total. The van der Waals surface area contributed by atoms with Gasteiger partial charge < -0.3 is 45.7 Å². The molecule has 0 aliphatic carbocycles. The maximum absolute atomic E-state index is 15.1. The number of halogens is 1. The Bertz CT molecular complexity index is 2500. The van der Waals surface area contributed by atoms with Gasteiger partial charge in [-0.3, -0.25) is 19.0 Å². The van der Waals surface area contributed by atoms with Gasteiger partial charge in [0.2, 0.25) is 17.7 Å². The van der Waals surface area contributed by atoms with E-state index in [0.717, 1.165) is 10.5 Å². The molecule has 4 aromatic rings. The fraction of sp³-hybridized carbons (Fsp3) is 0.520. The molecule has 5 N–H and O–H groups in total. The standard InChI is InChI=1S/C50H68BrN9O9S/c1-48(2,3)67-45(64)53-24-14-13-19-35-44(63)59(10)38(27-32-30-60(47(66)69-50(7,8)9)37-21-12-11-18-33(32)37)42(62)56-29-36-39(22-23-40(51)57-36)70-43-31(17-15-25-52-43)28-55-34(41(61)58-35)20-16-26-54-46(65)68-49(4,5)6/h11-12,15,17-18,21-23,25,30,34-35,38,55H,13-14,16,19-20,24,26-29H2,1-10H3,(H,53,64)(H,54,65)(H,56,62)(H,58,61)/t34-,35-,38-/m0/s1. The normalized spacial score (nSPS) is 17.6. The zero-order valence-corrected chi connectivity index (χ0v) is 44.2. The molecule has 5 amide bonds. The Morgan fingerprint density at radius 2 is 1.43 bits per heavy atom. The van der Waals surface area contributed by atoms with Crippen molar-refractivity contribution in [1.29, 1.82) is 0 Å². The maximum Gasteiger partial charge on any atom is 0.419 e. The van der Waals surface area contributed by atoms with Crippen LogP contribution in [0.4, 0.5) is 14.4 Å². The molecule has 0 radical (unpaired) electrons. The molecule has 0 saturated carbocycles. The van der Waals surface area contributed by atoms with E-state index in [1.165, 1.54) is 28.3 Å². The molecule has 0 unspecified atom stereocenters. The van der Waals surface area contributed by atoms with Crippen molar-refractivity contribution in [3.05, 3.63) is 82.3 Å². The lowest BCUT2D eigenvalue weighted by Gasteiger charge is -2.32. The van der Waals surface area contributed by atoms with Crippen LogP contribution in [0.15, 0.2) is 75.4 Å². The number of likely N-dealkylation sites (N-methyl/N-ethyl adjacent to an activating group) is 1. The van der Waals surface area contributed by atoms with E-state index in [2.05, 4.69) is 47.5 Å². The van der Waals surface area contributed by atoms with Gasteiger partial charge in [-0.1, -0.05) is 36.0 Å². The number of carbonyl (C=O) groups is 6. The molecule has 0 bridgehead atoms. The van der Waals surface area contributed by atoms with Crippen molar-refractivity contribution in [3.63, 3.8) is 0 Å².